The minimum atomic E-state index is -0.973. The van der Waals surface area contributed by atoms with Gasteiger partial charge in [0.15, 0.2) is 0 Å². The maximum Gasteiger partial charge on any atom is 0.331 e. The largest absolute Gasteiger partial charge is 0.478 e. The van der Waals surface area contributed by atoms with E-state index in [-0.39, 0.29) is 29.4 Å². The molecule has 0 radical (unpaired) electrons. The Kier molecular flexibility index (Phi) is 6.76. The van der Waals surface area contributed by atoms with Gasteiger partial charge in [-0.25, -0.2) is 4.79 Å². The molecule has 0 aliphatic heterocycles. The molecule has 0 aliphatic rings. The van der Waals surface area contributed by atoms with Gasteiger partial charge in [-0.15, -0.1) is 0 Å². The van der Waals surface area contributed by atoms with Crippen molar-refractivity contribution in [1.82, 2.24) is 4.90 Å². The van der Waals surface area contributed by atoms with Crippen molar-refractivity contribution in [2.75, 3.05) is 7.05 Å². The lowest BCUT2D eigenvalue weighted by molar-refractivity contribution is -0.135. The molecule has 19 heavy (non-hydrogen) atoms. The molecule has 0 spiro atoms. The second-order valence-electron chi connectivity index (χ2n) is 5.61. The number of carboxylic acid groups (broad SMARTS) is 1. The molecule has 0 aromatic heterocycles. The van der Waals surface area contributed by atoms with Crippen molar-refractivity contribution in [3.05, 3.63) is 11.6 Å². The number of rotatable bonds is 6. The molecule has 0 aromatic carbocycles. The number of carboxylic acids is 1. The second kappa shape index (κ2) is 7.28. The van der Waals surface area contributed by atoms with Crippen molar-refractivity contribution >= 4 is 11.9 Å². The average Bonchev–Trinajstić information content (AvgIpc) is 2.31. The molecule has 0 saturated carbocycles. The minimum absolute atomic E-state index is 0.0484. The SMILES string of the molecule is CC(=C[C@H](C(C)C)N(C)C(=O)[C@@H](N)C(C)C)C(=O)O. The summed E-state index contributed by atoms with van der Waals surface area (Å²) in [5.74, 6) is -0.974. The Labute approximate surface area is 115 Å². The number of aliphatic carboxylic acids is 1. The Hall–Kier alpha value is -1.36. The zero-order valence-corrected chi connectivity index (χ0v) is 12.7. The molecule has 110 valence electrons. The van der Waals surface area contributed by atoms with E-state index in [2.05, 4.69) is 0 Å². The Morgan fingerprint density at radius 1 is 1.16 bits per heavy atom. The van der Waals surface area contributed by atoms with E-state index in [1.807, 2.05) is 27.7 Å². The first kappa shape index (κ1) is 17.6. The first-order chi connectivity index (χ1) is 8.59. The van der Waals surface area contributed by atoms with Gasteiger partial charge in [0.1, 0.15) is 0 Å². The van der Waals surface area contributed by atoms with Crippen LogP contribution in [-0.4, -0.2) is 41.0 Å². The van der Waals surface area contributed by atoms with Gasteiger partial charge in [0, 0.05) is 12.6 Å². The maximum absolute atomic E-state index is 12.2. The van der Waals surface area contributed by atoms with Gasteiger partial charge in [0.05, 0.1) is 12.1 Å². The van der Waals surface area contributed by atoms with Crippen molar-refractivity contribution in [3.8, 4) is 0 Å². The van der Waals surface area contributed by atoms with Gasteiger partial charge < -0.3 is 15.7 Å². The van der Waals surface area contributed by atoms with Gasteiger partial charge in [-0.1, -0.05) is 33.8 Å². The number of likely N-dealkylation sites (N-methyl/N-ethyl adjacent to an activating group) is 1. The molecule has 5 nitrogen and oxygen atoms in total. The van der Waals surface area contributed by atoms with Crippen LogP contribution in [0.3, 0.4) is 0 Å². The number of nitrogens with zero attached hydrogens (tertiary/aromatic N) is 1. The molecule has 0 rings (SSSR count). The third-order valence-corrected chi connectivity index (χ3v) is 3.24. The number of hydrogen-bond acceptors (Lipinski definition) is 3. The lowest BCUT2D eigenvalue weighted by Crippen LogP contribution is -2.49. The third-order valence-electron chi connectivity index (χ3n) is 3.24. The van der Waals surface area contributed by atoms with Crippen molar-refractivity contribution in [1.29, 1.82) is 0 Å². The fourth-order valence-electron chi connectivity index (χ4n) is 1.75. The van der Waals surface area contributed by atoms with Crippen LogP contribution < -0.4 is 5.73 Å². The fourth-order valence-corrected chi connectivity index (χ4v) is 1.75. The lowest BCUT2D eigenvalue weighted by atomic mass is 9.97. The molecule has 1 amide bonds. The molecule has 2 atom stereocenters. The van der Waals surface area contributed by atoms with Gasteiger partial charge in [0.25, 0.3) is 0 Å². The van der Waals surface area contributed by atoms with Crippen LogP contribution in [0.1, 0.15) is 34.6 Å². The summed E-state index contributed by atoms with van der Waals surface area (Å²) in [4.78, 5) is 24.6. The first-order valence-corrected chi connectivity index (χ1v) is 6.53. The number of amides is 1. The monoisotopic (exact) mass is 270 g/mol. The number of carbonyl (C=O) groups excluding carboxylic acids is 1. The summed E-state index contributed by atoms with van der Waals surface area (Å²) in [6.07, 6.45) is 1.61. The van der Waals surface area contributed by atoms with Crippen LogP contribution in [0.2, 0.25) is 0 Å². The van der Waals surface area contributed by atoms with E-state index in [4.69, 9.17) is 10.8 Å². The Morgan fingerprint density at radius 3 is 1.95 bits per heavy atom. The normalized spacial score (nSPS) is 15.5. The summed E-state index contributed by atoms with van der Waals surface area (Å²) in [5.41, 5.74) is 6.09. The van der Waals surface area contributed by atoms with E-state index >= 15 is 0 Å². The summed E-state index contributed by atoms with van der Waals surface area (Å²) in [5, 5.41) is 8.93. The van der Waals surface area contributed by atoms with E-state index in [1.54, 1.807) is 18.0 Å². The molecule has 5 heteroatoms. The lowest BCUT2D eigenvalue weighted by Gasteiger charge is -2.32. The smallest absolute Gasteiger partial charge is 0.331 e. The van der Waals surface area contributed by atoms with Gasteiger partial charge in [-0.2, -0.15) is 0 Å². The van der Waals surface area contributed by atoms with Crippen LogP contribution in [0, 0.1) is 11.8 Å². The zero-order valence-electron chi connectivity index (χ0n) is 12.7. The molecule has 3 N–H and O–H groups in total. The summed E-state index contributed by atoms with van der Waals surface area (Å²) in [6.45, 7) is 9.19. The number of nitrogens with two attached hydrogens (primary N) is 1. The van der Waals surface area contributed by atoms with E-state index < -0.39 is 12.0 Å². The first-order valence-electron chi connectivity index (χ1n) is 6.53. The highest BCUT2D eigenvalue weighted by atomic mass is 16.4. The molecule has 0 heterocycles. The third kappa shape index (κ3) is 5.03. The standard InChI is InChI=1S/C14H26N2O3/c1-8(2)11(7-10(5)14(18)19)16(6)13(17)12(15)9(3)4/h7-9,11-12H,15H2,1-6H3,(H,18,19)/t11-,12+/m1/s1. The van der Waals surface area contributed by atoms with Crippen LogP contribution in [0.4, 0.5) is 0 Å². The predicted octanol–water partition coefficient (Wildman–Crippen LogP) is 1.48. The Balaban J connectivity index is 5.16. The second-order valence-corrected chi connectivity index (χ2v) is 5.61. The summed E-state index contributed by atoms with van der Waals surface area (Å²) in [7, 11) is 1.67. The van der Waals surface area contributed by atoms with Crippen LogP contribution >= 0.6 is 0 Å². The van der Waals surface area contributed by atoms with Crippen LogP contribution in [0.25, 0.3) is 0 Å². The molecule has 0 bridgehead atoms. The van der Waals surface area contributed by atoms with Crippen molar-refractivity contribution in [2.24, 2.45) is 17.6 Å². The highest BCUT2D eigenvalue weighted by Gasteiger charge is 2.27. The molecular formula is C14H26N2O3. The van der Waals surface area contributed by atoms with E-state index in [0.717, 1.165) is 0 Å². The predicted molar refractivity (Wildman–Crippen MR) is 75.6 cm³/mol. The highest BCUT2D eigenvalue weighted by molar-refractivity contribution is 5.86. The van der Waals surface area contributed by atoms with E-state index in [9.17, 15) is 9.59 Å². The molecule has 0 saturated heterocycles. The molecule has 0 fully saturated rings. The summed E-state index contributed by atoms with van der Waals surface area (Å²) < 4.78 is 0. The summed E-state index contributed by atoms with van der Waals surface area (Å²) >= 11 is 0. The summed E-state index contributed by atoms with van der Waals surface area (Å²) in [6, 6.07) is -0.835. The van der Waals surface area contributed by atoms with Gasteiger partial charge in [-0.05, 0) is 18.8 Å². The zero-order chi connectivity index (χ0) is 15.3. The van der Waals surface area contributed by atoms with Gasteiger partial charge in [0.2, 0.25) is 5.91 Å². The van der Waals surface area contributed by atoms with E-state index in [1.165, 1.54) is 6.92 Å². The quantitative estimate of drug-likeness (QED) is 0.716. The minimum Gasteiger partial charge on any atom is -0.478 e. The maximum atomic E-state index is 12.2. The molecule has 0 aliphatic carbocycles. The highest BCUT2D eigenvalue weighted by Crippen LogP contribution is 2.15. The topological polar surface area (TPSA) is 83.6 Å². The Bertz CT molecular complexity index is 362. The van der Waals surface area contributed by atoms with Crippen LogP contribution in [-0.2, 0) is 9.59 Å². The molecule has 0 unspecified atom stereocenters. The van der Waals surface area contributed by atoms with Crippen molar-refractivity contribution in [3.63, 3.8) is 0 Å². The number of carbonyl (C=O) groups is 2. The van der Waals surface area contributed by atoms with E-state index in [0.29, 0.717) is 0 Å². The van der Waals surface area contributed by atoms with Crippen LogP contribution in [0.15, 0.2) is 11.6 Å². The van der Waals surface area contributed by atoms with Crippen molar-refractivity contribution < 1.29 is 14.7 Å². The Morgan fingerprint density at radius 2 is 1.63 bits per heavy atom. The fraction of sp³-hybridized carbons (Fsp3) is 0.714. The number of hydrogen-bond donors (Lipinski definition) is 2. The van der Waals surface area contributed by atoms with Gasteiger partial charge in [-0.3, -0.25) is 4.79 Å². The average molecular weight is 270 g/mol. The molecular weight excluding hydrogens is 244 g/mol. The molecule has 0 aromatic rings. The van der Waals surface area contributed by atoms with Gasteiger partial charge >= 0.3 is 5.97 Å². The van der Waals surface area contributed by atoms with Crippen LogP contribution in [0.5, 0.6) is 0 Å². The van der Waals surface area contributed by atoms with Crippen molar-refractivity contribution in [2.45, 2.75) is 46.7 Å².